The van der Waals surface area contributed by atoms with Gasteiger partial charge in [-0.25, -0.2) is 0 Å². The van der Waals surface area contributed by atoms with Crippen LogP contribution in [0.3, 0.4) is 0 Å². The van der Waals surface area contributed by atoms with Crippen LogP contribution in [0.15, 0.2) is 18.2 Å². The van der Waals surface area contributed by atoms with E-state index >= 15 is 0 Å². The van der Waals surface area contributed by atoms with Gasteiger partial charge in [0.2, 0.25) is 0 Å². The molecule has 3 atom stereocenters. The van der Waals surface area contributed by atoms with Gasteiger partial charge in [-0.05, 0) is 67.8 Å². The Morgan fingerprint density at radius 1 is 1.18 bits per heavy atom. The Morgan fingerprint density at radius 2 is 1.88 bits per heavy atom. The monoisotopic (exact) mass is 269 g/mol. The summed E-state index contributed by atoms with van der Waals surface area (Å²) in [5.41, 5.74) is 1.16. The minimum absolute atomic E-state index is 0.356. The molecule has 3 rings (SSSR count). The first-order valence-corrected chi connectivity index (χ1v) is 7.07. The minimum atomic E-state index is 0.356. The molecule has 0 saturated heterocycles. The fourth-order valence-electron chi connectivity index (χ4n) is 3.43. The molecule has 17 heavy (non-hydrogen) atoms. The number of hydrogen-bond donors (Lipinski definition) is 1. The van der Waals surface area contributed by atoms with Crippen molar-refractivity contribution in [1.82, 2.24) is 5.32 Å². The minimum Gasteiger partial charge on any atom is -0.313 e. The van der Waals surface area contributed by atoms with Crippen LogP contribution in [-0.2, 0) is 0 Å². The lowest BCUT2D eigenvalue weighted by Crippen LogP contribution is -2.24. The Balaban J connectivity index is 1.86. The summed E-state index contributed by atoms with van der Waals surface area (Å²) in [6, 6.07) is 6.12. The van der Waals surface area contributed by atoms with Crippen LogP contribution in [0.2, 0.25) is 10.0 Å². The molecule has 1 N–H and O–H groups in total. The van der Waals surface area contributed by atoms with E-state index in [4.69, 9.17) is 23.2 Å². The molecule has 2 saturated carbocycles. The Bertz CT molecular complexity index is 422. The molecule has 1 aromatic rings. The van der Waals surface area contributed by atoms with Crippen molar-refractivity contribution in [2.45, 2.75) is 25.3 Å². The van der Waals surface area contributed by atoms with Crippen LogP contribution >= 0.6 is 23.2 Å². The summed E-state index contributed by atoms with van der Waals surface area (Å²) in [6.45, 7) is 0. The van der Waals surface area contributed by atoms with Gasteiger partial charge < -0.3 is 5.32 Å². The van der Waals surface area contributed by atoms with Crippen molar-refractivity contribution < 1.29 is 0 Å². The first-order chi connectivity index (χ1) is 8.19. The van der Waals surface area contributed by atoms with Crippen LogP contribution in [0.4, 0.5) is 0 Å². The normalized spacial score (nSPS) is 32.3. The molecule has 0 spiro atoms. The molecule has 3 heteroatoms. The van der Waals surface area contributed by atoms with Crippen molar-refractivity contribution in [1.29, 1.82) is 0 Å². The third-order valence-corrected chi connectivity index (χ3v) is 4.93. The van der Waals surface area contributed by atoms with Gasteiger partial charge in [-0.1, -0.05) is 23.2 Å². The number of hydrogen-bond acceptors (Lipinski definition) is 1. The SMILES string of the molecule is CNC(c1cc(Cl)ccc1Cl)C1CC2CC2C1. The van der Waals surface area contributed by atoms with Gasteiger partial charge in [-0.2, -0.15) is 0 Å². The molecule has 2 aliphatic rings. The summed E-state index contributed by atoms with van der Waals surface area (Å²) in [6.07, 6.45) is 4.15. The molecule has 0 radical (unpaired) electrons. The smallest absolute Gasteiger partial charge is 0.0454 e. The summed E-state index contributed by atoms with van der Waals surface area (Å²) >= 11 is 12.4. The van der Waals surface area contributed by atoms with E-state index in [1.165, 1.54) is 19.3 Å². The first kappa shape index (κ1) is 11.8. The number of rotatable bonds is 3. The van der Waals surface area contributed by atoms with E-state index < -0.39 is 0 Å². The van der Waals surface area contributed by atoms with Crippen LogP contribution in [0, 0.1) is 17.8 Å². The van der Waals surface area contributed by atoms with Gasteiger partial charge in [-0.3, -0.25) is 0 Å². The van der Waals surface area contributed by atoms with E-state index in [0.717, 1.165) is 33.4 Å². The molecule has 0 aliphatic heterocycles. The lowest BCUT2D eigenvalue weighted by molar-refractivity contribution is 0.359. The van der Waals surface area contributed by atoms with Crippen molar-refractivity contribution in [2.24, 2.45) is 17.8 Å². The summed E-state index contributed by atoms with van der Waals surface area (Å²) in [5.74, 6) is 2.71. The van der Waals surface area contributed by atoms with E-state index in [9.17, 15) is 0 Å². The molecule has 2 aliphatic carbocycles. The summed E-state index contributed by atoms with van der Waals surface area (Å²) in [4.78, 5) is 0. The maximum absolute atomic E-state index is 6.30. The van der Waals surface area contributed by atoms with E-state index in [1.807, 2.05) is 25.2 Å². The van der Waals surface area contributed by atoms with Crippen molar-refractivity contribution in [3.8, 4) is 0 Å². The molecule has 0 amide bonds. The van der Waals surface area contributed by atoms with Crippen molar-refractivity contribution in [2.75, 3.05) is 7.05 Å². The second-order valence-electron chi connectivity index (χ2n) is 5.42. The number of nitrogens with one attached hydrogen (secondary N) is 1. The molecule has 0 heterocycles. The van der Waals surface area contributed by atoms with Crippen LogP contribution in [0.5, 0.6) is 0 Å². The summed E-state index contributed by atoms with van der Waals surface area (Å²) < 4.78 is 0. The van der Waals surface area contributed by atoms with E-state index in [0.29, 0.717) is 6.04 Å². The van der Waals surface area contributed by atoms with Gasteiger partial charge in [-0.15, -0.1) is 0 Å². The van der Waals surface area contributed by atoms with Gasteiger partial charge in [0.1, 0.15) is 0 Å². The van der Waals surface area contributed by atoms with Crippen LogP contribution < -0.4 is 5.32 Å². The molecule has 3 unspecified atom stereocenters. The molecular formula is C14H17Cl2N. The lowest BCUT2D eigenvalue weighted by atomic mass is 9.89. The fraction of sp³-hybridized carbons (Fsp3) is 0.571. The predicted octanol–water partition coefficient (Wildman–Crippen LogP) is 4.30. The average molecular weight is 270 g/mol. The van der Waals surface area contributed by atoms with E-state index in [2.05, 4.69) is 5.32 Å². The second kappa shape index (κ2) is 4.46. The van der Waals surface area contributed by atoms with Gasteiger partial charge in [0.25, 0.3) is 0 Å². The molecule has 92 valence electrons. The molecule has 1 aromatic carbocycles. The quantitative estimate of drug-likeness (QED) is 0.863. The number of benzene rings is 1. The number of fused-ring (bicyclic) bond motifs is 1. The van der Waals surface area contributed by atoms with Gasteiger partial charge in [0.05, 0.1) is 0 Å². The zero-order valence-corrected chi connectivity index (χ0v) is 11.4. The molecule has 1 nitrogen and oxygen atoms in total. The zero-order chi connectivity index (χ0) is 12.0. The highest BCUT2D eigenvalue weighted by atomic mass is 35.5. The van der Waals surface area contributed by atoms with Crippen molar-refractivity contribution in [3.63, 3.8) is 0 Å². The maximum atomic E-state index is 6.30. The largest absolute Gasteiger partial charge is 0.313 e. The highest BCUT2D eigenvalue weighted by Gasteiger charge is 2.48. The Morgan fingerprint density at radius 3 is 2.53 bits per heavy atom. The van der Waals surface area contributed by atoms with E-state index in [-0.39, 0.29) is 0 Å². The van der Waals surface area contributed by atoms with Crippen LogP contribution in [0.1, 0.15) is 30.9 Å². The maximum Gasteiger partial charge on any atom is 0.0454 e. The Hall–Kier alpha value is -0.240. The zero-order valence-electron chi connectivity index (χ0n) is 9.92. The van der Waals surface area contributed by atoms with Crippen molar-refractivity contribution in [3.05, 3.63) is 33.8 Å². The topological polar surface area (TPSA) is 12.0 Å². The van der Waals surface area contributed by atoms with Crippen LogP contribution in [-0.4, -0.2) is 7.05 Å². The van der Waals surface area contributed by atoms with Gasteiger partial charge in [0.15, 0.2) is 0 Å². The molecule has 0 aromatic heterocycles. The average Bonchev–Trinajstić information content (AvgIpc) is 2.92. The predicted molar refractivity (Wildman–Crippen MR) is 72.6 cm³/mol. The molecule has 0 bridgehead atoms. The highest BCUT2D eigenvalue weighted by molar-refractivity contribution is 6.33. The highest BCUT2D eigenvalue weighted by Crippen LogP contribution is 2.57. The van der Waals surface area contributed by atoms with Gasteiger partial charge >= 0.3 is 0 Å². The van der Waals surface area contributed by atoms with Crippen LogP contribution in [0.25, 0.3) is 0 Å². The van der Waals surface area contributed by atoms with E-state index in [1.54, 1.807) is 0 Å². The standard InChI is InChI=1S/C14H17Cl2N/c1-17-14(10-5-8-4-9(8)6-10)12-7-11(15)2-3-13(12)16/h2-3,7-10,14,17H,4-6H2,1H3. The Kier molecular flexibility index (Phi) is 3.10. The Labute approximate surface area is 112 Å². The molecule has 2 fully saturated rings. The lowest BCUT2D eigenvalue weighted by Gasteiger charge is -2.25. The number of halogens is 2. The fourth-order valence-corrected chi connectivity index (χ4v) is 3.85. The summed E-state index contributed by atoms with van der Waals surface area (Å²) in [7, 11) is 2.02. The summed E-state index contributed by atoms with van der Waals surface area (Å²) in [5, 5.41) is 5.03. The van der Waals surface area contributed by atoms with Gasteiger partial charge in [0, 0.05) is 16.1 Å². The third-order valence-electron chi connectivity index (χ3n) is 4.36. The third kappa shape index (κ3) is 2.21. The first-order valence-electron chi connectivity index (χ1n) is 6.31. The second-order valence-corrected chi connectivity index (χ2v) is 6.26. The van der Waals surface area contributed by atoms with Crippen molar-refractivity contribution >= 4 is 23.2 Å². The molecular weight excluding hydrogens is 253 g/mol.